The van der Waals surface area contributed by atoms with E-state index >= 15 is 0 Å². The highest BCUT2D eigenvalue weighted by Crippen LogP contribution is 2.45. The highest BCUT2D eigenvalue weighted by Gasteiger charge is 2.37. The maximum Gasteiger partial charge on any atom is 0.0637 e. The lowest BCUT2D eigenvalue weighted by atomic mass is 10.1. The van der Waals surface area contributed by atoms with Crippen molar-refractivity contribution in [3.05, 3.63) is 66.3 Å². The van der Waals surface area contributed by atoms with Crippen LogP contribution in [0.2, 0.25) is 19.1 Å². The zero-order valence-electron chi connectivity index (χ0n) is 11.4. The third-order valence-corrected chi connectivity index (χ3v) is 7.44. The third-order valence-electron chi connectivity index (χ3n) is 3.85. The fraction of sp³-hybridized carbons (Fsp3) is 0.294. The molecule has 2 rings (SSSR count). The zero-order valence-corrected chi connectivity index (χ0v) is 12.4. The number of benzene rings is 1. The summed E-state index contributed by atoms with van der Waals surface area (Å²) in [7, 11) is -1.36. The van der Waals surface area contributed by atoms with E-state index in [-0.39, 0.29) is 0 Å². The predicted molar refractivity (Wildman–Crippen MR) is 84.5 cm³/mol. The minimum atomic E-state index is -1.36. The van der Waals surface area contributed by atoms with Gasteiger partial charge in [-0.25, -0.2) is 0 Å². The molecule has 0 amide bonds. The lowest BCUT2D eigenvalue weighted by molar-refractivity contribution is 1.01. The maximum atomic E-state index is 3.94. The molecule has 1 aliphatic rings. The molecule has 0 radical (unpaired) electrons. The molecule has 1 aromatic carbocycles. The molecule has 0 saturated carbocycles. The largest absolute Gasteiger partial charge is 0.103 e. The average molecular weight is 254 g/mol. The van der Waals surface area contributed by atoms with Gasteiger partial charge in [-0.15, -0.1) is 13.2 Å². The van der Waals surface area contributed by atoms with Crippen molar-refractivity contribution in [1.82, 2.24) is 0 Å². The maximum absolute atomic E-state index is 3.94. The quantitative estimate of drug-likeness (QED) is 0.502. The van der Waals surface area contributed by atoms with Crippen molar-refractivity contribution in [2.24, 2.45) is 0 Å². The van der Waals surface area contributed by atoms with Crippen LogP contribution in [-0.2, 0) is 0 Å². The molecule has 0 fully saturated rings. The molecule has 0 spiro atoms. The van der Waals surface area contributed by atoms with Crippen LogP contribution in [0.4, 0.5) is 0 Å². The summed E-state index contributed by atoms with van der Waals surface area (Å²) < 4.78 is 0. The third kappa shape index (κ3) is 2.28. The van der Waals surface area contributed by atoms with Crippen molar-refractivity contribution in [3.8, 4) is 0 Å². The van der Waals surface area contributed by atoms with E-state index < -0.39 is 8.07 Å². The number of hydrogen-bond acceptors (Lipinski definition) is 0. The molecule has 1 heteroatoms. The Labute approximate surface area is 112 Å². The van der Waals surface area contributed by atoms with E-state index in [4.69, 9.17) is 0 Å². The van der Waals surface area contributed by atoms with E-state index in [0.717, 1.165) is 6.42 Å². The van der Waals surface area contributed by atoms with Gasteiger partial charge in [0, 0.05) is 5.54 Å². The van der Waals surface area contributed by atoms with Crippen molar-refractivity contribution in [1.29, 1.82) is 0 Å². The van der Waals surface area contributed by atoms with E-state index in [1.54, 1.807) is 5.57 Å². The van der Waals surface area contributed by atoms with Crippen molar-refractivity contribution in [2.75, 3.05) is 0 Å². The fourth-order valence-corrected chi connectivity index (χ4v) is 6.43. The Balaban J connectivity index is 2.45. The van der Waals surface area contributed by atoms with Gasteiger partial charge in [0.25, 0.3) is 0 Å². The van der Waals surface area contributed by atoms with Crippen LogP contribution in [0, 0.1) is 0 Å². The summed E-state index contributed by atoms with van der Waals surface area (Å²) >= 11 is 0. The molecule has 1 atom stereocenters. The van der Waals surface area contributed by atoms with Gasteiger partial charge in [0.05, 0.1) is 8.07 Å². The SMILES string of the molecule is C=CCC1=Cc2ccccc2[C@@H]1[Si](C)(C)CC=C. The lowest BCUT2D eigenvalue weighted by Gasteiger charge is -2.32. The topological polar surface area (TPSA) is 0 Å². The molecule has 0 aliphatic heterocycles. The summed E-state index contributed by atoms with van der Waals surface area (Å²) in [5, 5.41) is 0. The minimum absolute atomic E-state index is 0.629. The van der Waals surface area contributed by atoms with Crippen LogP contribution in [0.15, 0.2) is 55.1 Å². The molecule has 0 heterocycles. The molecular weight excluding hydrogens is 232 g/mol. The van der Waals surface area contributed by atoms with Crippen LogP contribution < -0.4 is 0 Å². The van der Waals surface area contributed by atoms with Gasteiger partial charge in [-0.05, 0) is 23.6 Å². The lowest BCUT2D eigenvalue weighted by Crippen LogP contribution is -2.34. The highest BCUT2D eigenvalue weighted by atomic mass is 28.3. The van der Waals surface area contributed by atoms with E-state index in [2.05, 4.69) is 62.7 Å². The highest BCUT2D eigenvalue weighted by molar-refractivity contribution is 6.80. The predicted octanol–water partition coefficient (Wildman–Crippen LogP) is 5.18. The molecule has 1 aliphatic carbocycles. The van der Waals surface area contributed by atoms with Crippen molar-refractivity contribution in [3.63, 3.8) is 0 Å². The molecule has 0 N–H and O–H groups in total. The Bertz CT molecular complexity index is 494. The Morgan fingerprint density at radius 3 is 2.56 bits per heavy atom. The van der Waals surface area contributed by atoms with E-state index in [1.807, 2.05) is 6.08 Å². The fourth-order valence-electron chi connectivity index (χ4n) is 3.14. The van der Waals surface area contributed by atoms with Crippen molar-refractivity contribution in [2.45, 2.75) is 31.1 Å². The van der Waals surface area contributed by atoms with Crippen LogP contribution >= 0.6 is 0 Å². The van der Waals surface area contributed by atoms with Gasteiger partial charge in [-0.2, -0.15) is 0 Å². The van der Waals surface area contributed by atoms with Crippen LogP contribution in [-0.4, -0.2) is 8.07 Å². The first-order valence-electron chi connectivity index (χ1n) is 6.61. The molecule has 0 nitrogen and oxygen atoms in total. The van der Waals surface area contributed by atoms with Gasteiger partial charge < -0.3 is 0 Å². The Morgan fingerprint density at radius 1 is 1.17 bits per heavy atom. The number of fused-ring (bicyclic) bond motifs is 1. The second kappa shape index (κ2) is 5.11. The average Bonchev–Trinajstić information content (AvgIpc) is 2.67. The standard InChI is InChI=1S/C17H22Si/c1-5-9-15-13-14-10-7-8-11-16(14)17(15)18(3,4)12-6-2/h5-8,10-11,13,17H,1-2,9,12H2,3-4H3/t17-/m1/s1. The van der Waals surface area contributed by atoms with Crippen LogP contribution in [0.1, 0.15) is 23.1 Å². The number of allylic oxidation sites excluding steroid dienone is 3. The van der Waals surface area contributed by atoms with Crippen LogP contribution in [0.3, 0.4) is 0 Å². The molecule has 0 bridgehead atoms. The summed E-state index contributed by atoms with van der Waals surface area (Å²) in [6, 6.07) is 9.99. The van der Waals surface area contributed by atoms with Gasteiger partial charge in [-0.1, -0.05) is 61.2 Å². The molecule has 0 aromatic heterocycles. The summed E-state index contributed by atoms with van der Waals surface area (Å²) in [6.07, 6.45) is 7.51. The first kappa shape index (κ1) is 13.1. The monoisotopic (exact) mass is 254 g/mol. The normalized spacial score (nSPS) is 18.1. The number of rotatable bonds is 5. The van der Waals surface area contributed by atoms with Gasteiger partial charge in [0.1, 0.15) is 0 Å². The molecular formula is C17H22Si. The van der Waals surface area contributed by atoms with Gasteiger partial charge in [0.15, 0.2) is 0 Å². The van der Waals surface area contributed by atoms with E-state index in [9.17, 15) is 0 Å². The summed E-state index contributed by atoms with van der Waals surface area (Å²) in [5.74, 6) is 0. The summed E-state index contributed by atoms with van der Waals surface area (Å²) in [4.78, 5) is 0. The summed E-state index contributed by atoms with van der Waals surface area (Å²) in [6.45, 7) is 12.8. The van der Waals surface area contributed by atoms with Gasteiger partial charge in [-0.3, -0.25) is 0 Å². The van der Waals surface area contributed by atoms with E-state index in [1.165, 1.54) is 17.2 Å². The second-order valence-corrected chi connectivity index (χ2v) is 10.7. The van der Waals surface area contributed by atoms with Crippen molar-refractivity contribution < 1.29 is 0 Å². The van der Waals surface area contributed by atoms with E-state index in [0.29, 0.717) is 5.54 Å². The van der Waals surface area contributed by atoms with Crippen LogP contribution in [0.5, 0.6) is 0 Å². The van der Waals surface area contributed by atoms with Crippen LogP contribution in [0.25, 0.3) is 6.08 Å². The van der Waals surface area contributed by atoms with Crippen molar-refractivity contribution >= 4 is 14.1 Å². The Hall–Kier alpha value is -1.34. The molecule has 94 valence electrons. The molecule has 0 unspecified atom stereocenters. The Kier molecular flexibility index (Phi) is 3.72. The molecule has 0 saturated heterocycles. The molecule has 1 aromatic rings. The molecule has 18 heavy (non-hydrogen) atoms. The smallest absolute Gasteiger partial charge is 0.0637 e. The first-order valence-corrected chi connectivity index (χ1v) is 9.90. The minimum Gasteiger partial charge on any atom is -0.103 e. The second-order valence-electron chi connectivity index (χ2n) is 5.76. The zero-order chi connectivity index (χ0) is 13.2. The number of hydrogen-bond donors (Lipinski definition) is 0. The van der Waals surface area contributed by atoms with Gasteiger partial charge >= 0.3 is 0 Å². The first-order chi connectivity index (χ1) is 8.60. The summed E-state index contributed by atoms with van der Waals surface area (Å²) in [5.41, 5.74) is 5.10. The van der Waals surface area contributed by atoms with Gasteiger partial charge in [0.2, 0.25) is 0 Å². The Morgan fingerprint density at radius 2 is 1.89 bits per heavy atom.